The minimum absolute atomic E-state index is 0.454. The largest absolute Gasteiger partial charge is 0.814 e. The van der Waals surface area contributed by atoms with Crippen LogP contribution in [-0.4, -0.2) is 22.0 Å². The third kappa shape index (κ3) is 1.15. The Bertz CT molecular complexity index is 474. The van der Waals surface area contributed by atoms with E-state index in [1.54, 1.807) is 0 Å². The summed E-state index contributed by atoms with van der Waals surface area (Å²) in [6.07, 6.45) is -1.25. The lowest BCUT2D eigenvalue weighted by Crippen LogP contribution is -2.48. The highest BCUT2D eigenvalue weighted by Gasteiger charge is 2.44. The standard InChI is InChI=1S/C9H7N3O2S/c13-9-7-8(15)10-5-3-1-2-4-6(5)12(7)11-14-9/h1-4,7,9H,(H,10,15). The highest BCUT2D eigenvalue weighted by molar-refractivity contribution is 7.80. The zero-order valence-electron chi connectivity index (χ0n) is 7.58. The van der Waals surface area contributed by atoms with E-state index in [0.717, 1.165) is 11.4 Å². The highest BCUT2D eigenvalue weighted by Crippen LogP contribution is 2.33. The van der Waals surface area contributed by atoms with Gasteiger partial charge in [0.05, 0.1) is 0 Å². The predicted molar refractivity (Wildman–Crippen MR) is 53.7 cm³/mol. The molecule has 5 nitrogen and oxygen atoms in total. The highest BCUT2D eigenvalue weighted by atomic mass is 32.1. The van der Waals surface area contributed by atoms with Gasteiger partial charge in [-0.15, -0.1) is 0 Å². The summed E-state index contributed by atoms with van der Waals surface area (Å²) in [6, 6.07) is 6.97. The van der Waals surface area contributed by atoms with E-state index in [-0.39, 0.29) is 0 Å². The number of hydrogen-bond acceptors (Lipinski definition) is 4. The van der Waals surface area contributed by atoms with Crippen molar-refractivity contribution in [3.63, 3.8) is 0 Å². The maximum Gasteiger partial charge on any atom is 0.262 e. The number of benzene rings is 1. The Kier molecular flexibility index (Phi) is 1.74. The van der Waals surface area contributed by atoms with Gasteiger partial charge in [-0.25, -0.2) is 0 Å². The first-order chi connectivity index (χ1) is 7.27. The Labute approximate surface area is 90.9 Å². The summed E-state index contributed by atoms with van der Waals surface area (Å²) in [5.74, 6) is 0. The molecule has 0 saturated heterocycles. The van der Waals surface area contributed by atoms with E-state index in [4.69, 9.17) is 17.1 Å². The first-order valence-electron chi connectivity index (χ1n) is 4.49. The summed E-state index contributed by atoms with van der Waals surface area (Å²) in [7, 11) is 0. The minimum Gasteiger partial charge on any atom is -0.814 e. The van der Waals surface area contributed by atoms with Crippen LogP contribution in [-0.2, 0) is 4.84 Å². The van der Waals surface area contributed by atoms with Crippen molar-refractivity contribution in [2.24, 2.45) is 5.28 Å². The quantitative estimate of drug-likeness (QED) is 0.513. The third-order valence-corrected chi connectivity index (χ3v) is 2.78. The van der Waals surface area contributed by atoms with Gasteiger partial charge in [0, 0.05) is 6.07 Å². The monoisotopic (exact) mass is 221 g/mol. The lowest BCUT2D eigenvalue weighted by molar-refractivity contribution is -0.557. The van der Waals surface area contributed by atoms with Crippen molar-refractivity contribution < 1.29 is 14.6 Å². The number of rotatable bonds is 0. The van der Waals surface area contributed by atoms with Gasteiger partial charge in [0.1, 0.15) is 12.0 Å². The maximum absolute atomic E-state index is 11.4. The van der Waals surface area contributed by atoms with Crippen molar-refractivity contribution in [1.82, 2.24) is 0 Å². The molecule has 2 aliphatic heterocycles. The zero-order chi connectivity index (χ0) is 10.4. The topological polar surface area (TPSA) is 59.7 Å². The van der Waals surface area contributed by atoms with Crippen LogP contribution in [0.5, 0.6) is 0 Å². The Morgan fingerprint density at radius 3 is 3.13 bits per heavy atom. The molecule has 0 amide bonds. The van der Waals surface area contributed by atoms with Gasteiger partial charge in [-0.2, -0.15) is 0 Å². The number of thiocarbonyl (C=S) groups is 1. The number of hydrogen-bond donors (Lipinski definition) is 1. The molecule has 6 heteroatoms. The van der Waals surface area contributed by atoms with Crippen LogP contribution in [0.4, 0.5) is 11.4 Å². The summed E-state index contributed by atoms with van der Waals surface area (Å²) in [4.78, 5) is 5.15. The molecule has 0 spiro atoms. The van der Waals surface area contributed by atoms with E-state index in [1.807, 2.05) is 24.3 Å². The SMILES string of the molecule is [O-]C1ON=[N+]2c3ccccc3NC(=S)C12. The third-order valence-electron chi connectivity index (χ3n) is 2.44. The molecule has 1 aromatic carbocycles. The molecular weight excluding hydrogens is 214 g/mol. The minimum atomic E-state index is -1.25. The molecule has 3 rings (SSSR count). The van der Waals surface area contributed by atoms with Gasteiger partial charge in [0.25, 0.3) is 11.7 Å². The van der Waals surface area contributed by atoms with Gasteiger partial charge in [0.2, 0.25) is 0 Å². The Hall–Kier alpha value is -1.53. The van der Waals surface area contributed by atoms with E-state index in [1.165, 1.54) is 4.70 Å². The second-order valence-corrected chi connectivity index (χ2v) is 3.79. The van der Waals surface area contributed by atoms with Gasteiger partial charge in [-0.1, -0.05) is 24.4 Å². The van der Waals surface area contributed by atoms with Crippen molar-refractivity contribution >= 4 is 28.6 Å². The van der Waals surface area contributed by atoms with Crippen molar-refractivity contribution in [2.45, 2.75) is 12.3 Å². The lowest BCUT2D eigenvalue weighted by atomic mass is 10.1. The molecule has 0 saturated carbocycles. The first kappa shape index (κ1) is 8.75. The molecule has 0 aliphatic carbocycles. The molecule has 0 bridgehead atoms. The Morgan fingerprint density at radius 1 is 1.47 bits per heavy atom. The van der Waals surface area contributed by atoms with Crippen molar-refractivity contribution in [2.75, 3.05) is 5.32 Å². The number of para-hydroxylation sites is 2. The van der Waals surface area contributed by atoms with Crippen LogP contribution >= 0.6 is 12.2 Å². The van der Waals surface area contributed by atoms with Crippen LogP contribution in [0.3, 0.4) is 0 Å². The Balaban J connectivity index is 2.17. The number of nitrogens with one attached hydrogen (secondary N) is 1. The summed E-state index contributed by atoms with van der Waals surface area (Å²) in [6.45, 7) is 0. The fourth-order valence-electron chi connectivity index (χ4n) is 1.74. The molecule has 2 heterocycles. The van der Waals surface area contributed by atoms with Crippen LogP contribution < -0.4 is 10.4 Å². The molecule has 15 heavy (non-hydrogen) atoms. The molecule has 2 atom stereocenters. The maximum atomic E-state index is 11.4. The van der Waals surface area contributed by atoms with E-state index < -0.39 is 12.3 Å². The molecule has 2 aliphatic rings. The van der Waals surface area contributed by atoms with Crippen LogP contribution in [0.2, 0.25) is 0 Å². The van der Waals surface area contributed by atoms with Gasteiger partial charge in [-0.05, 0) is 10.8 Å². The number of fused-ring (bicyclic) bond motifs is 3. The normalized spacial score (nSPS) is 27.3. The van der Waals surface area contributed by atoms with Gasteiger partial charge >= 0.3 is 0 Å². The second-order valence-electron chi connectivity index (χ2n) is 3.35. The molecule has 2 unspecified atom stereocenters. The van der Waals surface area contributed by atoms with Crippen LogP contribution in [0.1, 0.15) is 0 Å². The summed E-state index contributed by atoms with van der Waals surface area (Å²) >= 11 is 5.10. The number of nitrogens with zero attached hydrogens (tertiary/aromatic N) is 2. The molecule has 0 aromatic heterocycles. The van der Waals surface area contributed by atoms with Crippen molar-refractivity contribution in [3.8, 4) is 0 Å². The van der Waals surface area contributed by atoms with E-state index in [0.29, 0.717) is 4.99 Å². The fourth-order valence-corrected chi connectivity index (χ4v) is 2.06. The zero-order valence-corrected chi connectivity index (χ0v) is 8.40. The molecule has 1 aromatic rings. The van der Waals surface area contributed by atoms with E-state index in [2.05, 4.69) is 10.6 Å². The van der Waals surface area contributed by atoms with E-state index >= 15 is 0 Å². The van der Waals surface area contributed by atoms with Gasteiger partial charge in [0.15, 0.2) is 10.3 Å². The van der Waals surface area contributed by atoms with Gasteiger partial charge < -0.3 is 15.3 Å². The van der Waals surface area contributed by atoms with Crippen molar-refractivity contribution in [3.05, 3.63) is 24.3 Å². The average molecular weight is 221 g/mol. The van der Waals surface area contributed by atoms with E-state index in [9.17, 15) is 5.11 Å². The van der Waals surface area contributed by atoms with Crippen LogP contribution in [0, 0.1) is 0 Å². The summed E-state index contributed by atoms with van der Waals surface area (Å²) < 4.78 is 1.53. The van der Waals surface area contributed by atoms with Crippen LogP contribution in [0.25, 0.3) is 0 Å². The predicted octanol–water partition coefficient (Wildman–Crippen LogP) is 0.536. The second kappa shape index (κ2) is 2.98. The molecule has 76 valence electrons. The molecule has 0 fully saturated rings. The average Bonchev–Trinajstić information content (AvgIpc) is 2.62. The van der Waals surface area contributed by atoms with Gasteiger partial charge in [-0.3, -0.25) is 0 Å². The Morgan fingerprint density at radius 2 is 2.27 bits per heavy atom. The summed E-state index contributed by atoms with van der Waals surface area (Å²) in [5.41, 5.74) is 1.66. The first-order valence-corrected chi connectivity index (χ1v) is 4.90. The fraction of sp³-hybridized carbons (Fsp3) is 0.222. The summed E-state index contributed by atoms with van der Waals surface area (Å²) in [5, 5.41) is 18.2. The lowest BCUT2D eigenvalue weighted by Gasteiger charge is -2.22. The number of anilines is 1. The molecular formula is C9H7N3O2S. The van der Waals surface area contributed by atoms with Crippen molar-refractivity contribution in [1.29, 1.82) is 0 Å². The smallest absolute Gasteiger partial charge is 0.262 e. The molecule has 0 radical (unpaired) electrons. The molecule has 1 N–H and O–H groups in total. The van der Waals surface area contributed by atoms with Crippen LogP contribution in [0.15, 0.2) is 29.5 Å².